The van der Waals surface area contributed by atoms with Crippen molar-refractivity contribution < 1.29 is 95.8 Å². The molecule has 0 aromatic heterocycles. The SMILES string of the molecule is COC(=O)[C@]1(OCc2ccccc2)C[C@@H](OCc2ccc(OC)cc2)[C@@H](O[C@H]2O[C@H]([C@H](COC(C)=O)OC(C)=O)[C@@H](OC(C)=O)[C@H](OC(C)=O)[C@@H]2OC(C)=O)[C@@H]([C@H](O)CO)O1. The van der Waals surface area contributed by atoms with Crippen LogP contribution in [0.25, 0.3) is 0 Å². The van der Waals surface area contributed by atoms with Crippen LogP contribution in [-0.4, -0.2) is 140 Å². The van der Waals surface area contributed by atoms with Gasteiger partial charge in [0.2, 0.25) is 0 Å². The van der Waals surface area contributed by atoms with Gasteiger partial charge >= 0.3 is 35.8 Å². The molecule has 0 aliphatic carbocycles. The van der Waals surface area contributed by atoms with Crippen LogP contribution in [0.4, 0.5) is 0 Å². The molecule has 2 heterocycles. The number of aliphatic hydroxyl groups is 2. The van der Waals surface area contributed by atoms with Crippen molar-refractivity contribution >= 4 is 35.8 Å². The molecule has 61 heavy (non-hydrogen) atoms. The number of hydrogen-bond acceptors (Lipinski definition) is 20. The van der Waals surface area contributed by atoms with Gasteiger partial charge in [-0.3, -0.25) is 24.0 Å². The van der Waals surface area contributed by atoms with E-state index in [-0.39, 0.29) is 13.2 Å². The number of methoxy groups -OCH3 is 2. The molecule has 0 radical (unpaired) electrons. The third-order valence-corrected chi connectivity index (χ3v) is 9.35. The largest absolute Gasteiger partial charge is 0.497 e. The number of rotatable bonds is 19. The number of hydrogen-bond donors (Lipinski definition) is 2. The van der Waals surface area contributed by atoms with Crippen LogP contribution >= 0.6 is 0 Å². The Kier molecular flexibility index (Phi) is 17.9. The lowest BCUT2D eigenvalue weighted by Crippen LogP contribution is -2.68. The van der Waals surface area contributed by atoms with Crippen molar-refractivity contribution in [2.45, 2.75) is 121 Å². The van der Waals surface area contributed by atoms with Crippen molar-refractivity contribution in [3.63, 3.8) is 0 Å². The van der Waals surface area contributed by atoms with E-state index in [4.69, 9.17) is 56.8 Å². The normalized spacial score (nSPS) is 27.0. The zero-order valence-electron chi connectivity index (χ0n) is 34.7. The fraction of sp³-hybridized carbons (Fsp3) is 0.561. The smallest absolute Gasteiger partial charge is 0.366 e. The Morgan fingerprint density at radius 3 is 1.90 bits per heavy atom. The number of carbonyl (C=O) groups excluding carboxylic acids is 6. The number of carbonyl (C=O) groups is 6. The quantitative estimate of drug-likeness (QED) is 0.149. The fourth-order valence-electron chi connectivity index (χ4n) is 6.76. The highest BCUT2D eigenvalue weighted by Crippen LogP contribution is 2.40. The average molecular weight is 865 g/mol. The summed E-state index contributed by atoms with van der Waals surface area (Å²) in [4.78, 5) is 76.0. The average Bonchev–Trinajstić information content (AvgIpc) is 3.22. The summed E-state index contributed by atoms with van der Waals surface area (Å²) in [5.41, 5.74) is 1.24. The Labute approximate surface area is 351 Å². The minimum absolute atomic E-state index is 0.157. The van der Waals surface area contributed by atoms with E-state index >= 15 is 0 Å². The third kappa shape index (κ3) is 13.4. The summed E-state index contributed by atoms with van der Waals surface area (Å²) in [7, 11) is 2.59. The second-order valence-corrected chi connectivity index (χ2v) is 14.0. The van der Waals surface area contributed by atoms with E-state index < -0.39 is 122 Å². The number of aliphatic hydroxyl groups excluding tert-OH is 2. The molecular formula is C41H52O20. The summed E-state index contributed by atoms with van der Waals surface area (Å²) in [6.45, 7) is 3.21. The summed E-state index contributed by atoms with van der Waals surface area (Å²) < 4.78 is 69.5. The summed E-state index contributed by atoms with van der Waals surface area (Å²) >= 11 is 0. The van der Waals surface area contributed by atoms with Crippen LogP contribution in [0.1, 0.15) is 52.2 Å². The van der Waals surface area contributed by atoms with Gasteiger partial charge in [-0.05, 0) is 23.3 Å². The van der Waals surface area contributed by atoms with Gasteiger partial charge in [-0.2, -0.15) is 0 Å². The third-order valence-electron chi connectivity index (χ3n) is 9.35. The van der Waals surface area contributed by atoms with Gasteiger partial charge in [0.25, 0.3) is 5.79 Å². The Morgan fingerprint density at radius 1 is 0.738 bits per heavy atom. The Morgan fingerprint density at radius 2 is 1.34 bits per heavy atom. The predicted octanol–water partition coefficient (Wildman–Crippen LogP) is 1.21. The lowest BCUT2D eigenvalue weighted by atomic mass is 9.91. The maximum atomic E-state index is 13.7. The van der Waals surface area contributed by atoms with Gasteiger partial charge in [-0.1, -0.05) is 42.5 Å². The van der Waals surface area contributed by atoms with Crippen molar-refractivity contribution in [3.8, 4) is 5.75 Å². The Balaban J connectivity index is 1.88. The van der Waals surface area contributed by atoms with Gasteiger partial charge in [-0.15, -0.1) is 0 Å². The van der Waals surface area contributed by atoms with E-state index in [1.807, 2.05) is 0 Å². The van der Waals surface area contributed by atoms with Crippen LogP contribution in [0.3, 0.4) is 0 Å². The molecule has 2 saturated heterocycles. The minimum Gasteiger partial charge on any atom is -0.497 e. The molecular weight excluding hydrogens is 812 g/mol. The van der Waals surface area contributed by atoms with Gasteiger partial charge in [0.1, 0.15) is 36.8 Å². The van der Waals surface area contributed by atoms with Crippen molar-refractivity contribution in [1.29, 1.82) is 0 Å². The number of ether oxygens (including phenoxy) is 12. The van der Waals surface area contributed by atoms with Crippen LogP contribution in [0, 0.1) is 0 Å². The van der Waals surface area contributed by atoms with E-state index in [0.29, 0.717) is 16.9 Å². The predicted molar refractivity (Wildman–Crippen MR) is 203 cm³/mol. The van der Waals surface area contributed by atoms with E-state index in [9.17, 15) is 39.0 Å². The zero-order chi connectivity index (χ0) is 44.9. The molecule has 2 fully saturated rings. The molecule has 2 N–H and O–H groups in total. The van der Waals surface area contributed by atoms with E-state index in [0.717, 1.165) is 41.7 Å². The van der Waals surface area contributed by atoms with Crippen molar-refractivity contribution in [3.05, 3.63) is 65.7 Å². The summed E-state index contributed by atoms with van der Waals surface area (Å²) in [6, 6.07) is 15.5. The maximum Gasteiger partial charge on any atom is 0.366 e. The molecule has 4 rings (SSSR count). The van der Waals surface area contributed by atoms with E-state index in [2.05, 4.69) is 0 Å². The molecule has 2 aromatic rings. The molecule has 2 aliphatic heterocycles. The van der Waals surface area contributed by atoms with Crippen LogP contribution < -0.4 is 4.74 Å². The second kappa shape index (κ2) is 22.6. The molecule has 20 heteroatoms. The topological polar surface area (TPSA) is 254 Å². The summed E-state index contributed by atoms with van der Waals surface area (Å²) in [6.07, 6.45) is -17.4. The monoisotopic (exact) mass is 864 g/mol. The van der Waals surface area contributed by atoms with E-state index in [1.165, 1.54) is 7.11 Å². The van der Waals surface area contributed by atoms with Crippen LogP contribution in [0.15, 0.2) is 54.6 Å². The number of benzene rings is 2. The molecule has 0 amide bonds. The van der Waals surface area contributed by atoms with Crippen molar-refractivity contribution in [1.82, 2.24) is 0 Å². The molecule has 11 atom stereocenters. The van der Waals surface area contributed by atoms with Gasteiger partial charge in [-0.25, -0.2) is 4.79 Å². The second-order valence-electron chi connectivity index (χ2n) is 14.0. The van der Waals surface area contributed by atoms with Crippen LogP contribution in [0.5, 0.6) is 5.75 Å². The van der Waals surface area contributed by atoms with Crippen LogP contribution in [-0.2, 0) is 94.1 Å². The maximum absolute atomic E-state index is 13.7. The first-order chi connectivity index (χ1) is 29.0. The molecule has 2 aliphatic rings. The van der Waals surface area contributed by atoms with Gasteiger partial charge in [0.05, 0.1) is 40.1 Å². The molecule has 2 aromatic carbocycles. The van der Waals surface area contributed by atoms with Gasteiger partial charge in [0, 0.05) is 41.0 Å². The lowest BCUT2D eigenvalue weighted by Gasteiger charge is -2.50. The van der Waals surface area contributed by atoms with Crippen molar-refractivity contribution in [2.75, 3.05) is 27.4 Å². The highest BCUT2D eigenvalue weighted by molar-refractivity contribution is 5.78. The van der Waals surface area contributed by atoms with Crippen LogP contribution in [0.2, 0.25) is 0 Å². The first-order valence-corrected chi connectivity index (χ1v) is 19.1. The highest BCUT2D eigenvalue weighted by Gasteiger charge is 2.60. The molecule has 0 saturated carbocycles. The highest BCUT2D eigenvalue weighted by atomic mass is 16.8. The fourth-order valence-corrected chi connectivity index (χ4v) is 6.76. The molecule has 20 nitrogen and oxygen atoms in total. The van der Waals surface area contributed by atoms with E-state index in [1.54, 1.807) is 54.6 Å². The van der Waals surface area contributed by atoms with Gasteiger partial charge < -0.3 is 67.1 Å². The molecule has 0 bridgehead atoms. The van der Waals surface area contributed by atoms with Gasteiger partial charge in [0.15, 0.2) is 30.7 Å². The summed E-state index contributed by atoms with van der Waals surface area (Å²) in [5, 5.41) is 21.8. The first-order valence-electron chi connectivity index (χ1n) is 19.1. The zero-order valence-corrected chi connectivity index (χ0v) is 34.7. The lowest BCUT2D eigenvalue weighted by molar-refractivity contribution is -0.375. The minimum atomic E-state index is -2.30. The number of esters is 6. The Hall–Kier alpha value is -5.22. The van der Waals surface area contributed by atoms with Crippen molar-refractivity contribution in [2.24, 2.45) is 0 Å². The molecule has 0 spiro atoms. The molecule has 0 unspecified atom stereocenters. The first kappa shape index (κ1) is 48.4. The molecule has 336 valence electrons. The summed E-state index contributed by atoms with van der Waals surface area (Å²) in [5.74, 6) is -7.29. The standard InChI is InChI=1S/C41H52O20/c1-22(43)52-21-32(55-23(2)44)35-36(56-24(3)45)37(57-25(4)46)38(58-26(5)47)39(60-35)59-34-31(53-19-28-13-15-29(50-6)16-14-28)17-41(40(49)51-7,61-33(34)30(48)18-42)54-20-27-11-9-8-10-12-27/h8-16,30-39,42,48H,17-21H2,1-7H3/t30-,31-,32+,33-,34-,35-,36-,37+,38+,39+,41+/m1/s1. The Bertz CT molecular complexity index is 1790.